The second-order valence-electron chi connectivity index (χ2n) is 6.21. The molecule has 2 heterocycles. The van der Waals surface area contributed by atoms with Crippen molar-refractivity contribution in [2.75, 3.05) is 7.11 Å². The monoisotopic (exact) mass is 325 g/mol. The van der Waals surface area contributed by atoms with Gasteiger partial charge in [-0.15, -0.1) is 0 Å². The topological polar surface area (TPSA) is 92.0 Å². The van der Waals surface area contributed by atoms with Crippen LogP contribution in [0.5, 0.6) is 5.75 Å². The Labute approximate surface area is 139 Å². The predicted octanol–water partition coefficient (Wildman–Crippen LogP) is 2.33. The van der Waals surface area contributed by atoms with Crippen LogP contribution in [0.15, 0.2) is 41.2 Å². The number of nitrogens with two attached hydrogens (primary N) is 1. The first-order chi connectivity index (χ1) is 11.7. The van der Waals surface area contributed by atoms with Gasteiger partial charge in [0.25, 0.3) is 5.89 Å². The molecule has 3 aromatic rings. The molecule has 7 heteroatoms. The maximum absolute atomic E-state index is 6.23. The molecule has 1 saturated carbocycles. The Balaban J connectivity index is 1.50. The molecule has 0 unspecified atom stereocenters. The zero-order chi connectivity index (χ0) is 16.6. The van der Waals surface area contributed by atoms with Crippen molar-refractivity contribution in [3.63, 3.8) is 0 Å². The van der Waals surface area contributed by atoms with E-state index in [4.69, 9.17) is 15.0 Å². The number of hydrogen-bond donors (Lipinski definition) is 1. The summed E-state index contributed by atoms with van der Waals surface area (Å²) in [6.07, 6.45) is 6.54. The van der Waals surface area contributed by atoms with Crippen LogP contribution in [0.25, 0.3) is 11.5 Å². The van der Waals surface area contributed by atoms with Crippen molar-refractivity contribution < 1.29 is 9.26 Å². The summed E-state index contributed by atoms with van der Waals surface area (Å²) in [7, 11) is 1.66. The van der Waals surface area contributed by atoms with E-state index in [0.717, 1.165) is 36.1 Å². The Morgan fingerprint density at radius 1 is 1.29 bits per heavy atom. The van der Waals surface area contributed by atoms with Crippen LogP contribution < -0.4 is 10.5 Å². The van der Waals surface area contributed by atoms with Gasteiger partial charge in [-0.25, -0.2) is 0 Å². The average Bonchev–Trinajstić information content (AvgIpc) is 3.22. The molecule has 0 atom stereocenters. The average molecular weight is 325 g/mol. The smallest absolute Gasteiger partial charge is 0.261 e. The molecular formula is C17H19N5O2. The van der Waals surface area contributed by atoms with Gasteiger partial charge in [0.15, 0.2) is 5.82 Å². The van der Waals surface area contributed by atoms with E-state index in [1.165, 1.54) is 0 Å². The van der Waals surface area contributed by atoms with E-state index in [1.54, 1.807) is 13.3 Å². The van der Waals surface area contributed by atoms with Crippen molar-refractivity contribution in [1.82, 2.24) is 19.9 Å². The highest BCUT2D eigenvalue weighted by atomic mass is 16.5. The lowest BCUT2D eigenvalue weighted by Gasteiger charge is -2.34. The van der Waals surface area contributed by atoms with Crippen LogP contribution in [0.4, 0.5) is 0 Å². The highest BCUT2D eigenvalue weighted by Crippen LogP contribution is 2.37. The number of ether oxygens (including phenoxy) is 1. The molecule has 2 aromatic heterocycles. The molecule has 0 aliphatic heterocycles. The van der Waals surface area contributed by atoms with Crippen molar-refractivity contribution in [3.05, 3.63) is 48.0 Å². The first-order valence-electron chi connectivity index (χ1n) is 7.95. The normalized spacial score (nSPS) is 15.9. The van der Waals surface area contributed by atoms with Gasteiger partial charge < -0.3 is 15.0 Å². The summed E-state index contributed by atoms with van der Waals surface area (Å²) in [5, 5.41) is 8.40. The molecule has 0 bridgehead atoms. The zero-order valence-electron chi connectivity index (χ0n) is 13.5. The number of hydrogen-bond acceptors (Lipinski definition) is 6. The molecule has 124 valence electrons. The van der Waals surface area contributed by atoms with Gasteiger partial charge in [0.1, 0.15) is 5.75 Å². The predicted molar refractivity (Wildman–Crippen MR) is 87.3 cm³/mol. The van der Waals surface area contributed by atoms with Crippen molar-refractivity contribution in [1.29, 1.82) is 0 Å². The molecule has 1 aromatic carbocycles. The lowest BCUT2D eigenvalue weighted by Crippen LogP contribution is -2.44. The summed E-state index contributed by atoms with van der Waals surface area (Å²) in [6, 6.07) is 7.90. The van der Waals surface area contributed by atoms with Gasteiger partial charge in [-0.1, -0.05) is 17.3 Å². The fraction of sp³-hybridized carbons (Fsp3) is 0.353. The van der Waals surface area contributed by atoms with Crippen LogP contribution in [-0.4, -0.2) is 27.0 Å². The Morgan fingerprint density at radius 3 is 2.75 bits per heavy atom. The van der Waals surface area contributed by atoms with Gasteiger partial charge in [0, 0.05) is 6.20 Å². The molecule has 0 amide bonds. The SMILES string of the molecule is COc1ccc(Cn2cc(-c3nc(C4(N)CCC4)no3)cn2)cc1. The Morgan fingerprint density at radius 2 is 2.08 bits per heavy atom. The lowest BCUT2D eigenvalue weighted by atomic mass is 9.77. The van der Waals surface area contributed by atoms with Gasteiger partial charge >= 0.3 is 0 Å². The highest BCUT2D eigenvalue weighted by Gasteiger charge is 2.39. The highest BCUT2D eigenvalue weighted by molar-refractivity contribution is 5.49. The molecule has 7 nitrogen and oxygen atoms in total. The van der Waals surface area contributed by atoms with Crippen LogP contribution >= 0.6 is 0 Å². The largest absolute Gasteiger partial charge is 0.497 e. The summed E-state index contributed by atoms with van der Waals surface area (Å²) in [4.78, 5) is 4.44. The van der Waals surface area contributed by atoms with E-state index in [-0.39, 0.29) is 0 Å². The standard InChI is InChI=1S/C17H19N5O2/c1-23-14-5-3-12(4-6-14)10-22-11-13(9-19-22)15-20-16(21-24-15)17(18)7-2-8-17/h3-6,9,11H,2,7-8,10,18H2,1H3. The minimum absolute atomic E-state index is 0.416. The quantitative estimate of drug-likeness (QED) is 0.774. The zero-order valence-corrected chi connectivity index (χ0v) is 13.5. The third kappa shape index (κ3) is 2.67. The fourth-order valence-corrected chi connectivity index (χ4v) is 2.80. The molecular weight excluding hydrogens is 306 g/mol. The number of aromatic nitrogens is 4. The third-order valence-electron chi connectivity index (χ3n) is 4.50. The Hall–Kier alpha value is -2.67. The minimum atomic E-state index is -0.416. The summed E-state index contributed by atoms with van der Waals surface area (Å²) in [5.74, 6) is 1.89. The maximum Gasteiger partial charge on any atom is 0.261 e. The molecule has 0 spiro atoms. The van der Waals surface area contributed by atoms with Gasteiger partial charge in [-0.3, -0.25) is 4.68 Å². The van der Waals surface area contributed by atoms with E-state index in [0.29, 0.717) is 18.3 Å². The summed E-state index contributed by atoms with van der Waals surface area (Å²) < 4.78 is 12.4. The number of benzene rings is 1. The van der Waals surface area contributed by atoms with Crippen LogP contribution in [0.1, 0.15) is 30.7 Å². The molecule has 0 radical (unpaired) electrons. The third-order valence-corrected chi connectivity index (χ3v) is 4.50. The first-order valence-corrected chi connectivity index (χ1v) is 7.95. The van der Waals surface area contributed by atoms with Gasteiger partial charge in [-0.2, -0.15) is 10.1 Å². The molecule has 24 heavy (non-hydrogen) atoms. The van der Waals surface area contributed by atoms with E-state index in [9.17, 15) is 0 Å². The van der Waals surface area contributed by atoms with Gasteiger partial charge in [-0.05, 0) is 37.0 Å². The molecule has 1 aliphatic carbocycles. The number of methoxy groups -OCH3 is 1. The van der Waals surface area contributed by atoms with Crippen molar-refractivity contribution in [2.45, 2.75) is 31.3 Å². The molecule has 2 N–H and O–H groups in total. The van der Waals surface area contributed by atoms with Crippen molar-refractivity contribution >= 4 is 0 Å². The molecule has 1 fully saturated rings. The van der Waals surface area contributed by atoms with Gasteiger partial charge in [0.05, 0.1) is 31.0 Å². The summed E-state index contributed by atoms with van der Waals surface area (Å²) in [6.45, 7) is 0.659. The van der Waals surface area contributed by atoms with E-state index < -0.39 is 5.54 Å². The molecule has 1 aliphatic rings. The second-order valence-corrected chi connectivity index (χ2v) is 6.21. The van der Waals surface area contributed by atoms with Crippen molar-refractivity contribution in [2.24, 2.45) is 5.73 Å². The number of rotatable bonds is 5. The second kappa shape index (κ2) is 5.76. The summed E-state index contributed by atoms with van der Waals surface area (Å²) >= 11 is 0. The first kappa shape index (κ1) is 14.9. The molecule has 0 saturated heterocycles. The number of nitrogens with zero attached hydrogens (tertiary/aromatic N) is 4. The fourth-order valence-electron chi connectivity index (χ4n) is 2.80. The Bertz CT molecular complexity index is 833. The van der Waals surface area contributed by atoms with E-state index >= 15 is 0 Å². The van der Waals surface area contributed by atoms with Gasteiger partial charge in [0.2, 0.25) is 0 Å². The Kier molecular flexibility index (Phi) is 3.57. The van der Waals surface area contributed by atoms with E-state index in [1.807, 2.05) is 35.1 Å². The summed E-state index contributed by atoms with van der Waals surface area (Å²) in [5.41, 5.74) is 7.74. The van der Waals surface area contributed by atoms with Crippen molar-refractivity contribution in [3.8, 4) is 17.2 Å². The lowest BCUT2D eigenvalue weighted by molar-refractivity contribution is 0.229. The van der Waals surface area contributed by atoms with Crippen LogP contribution in [-0.2, 0) is 12.1 Å². The van der Waals surface area contributed by atoms with E-state index in [2.05, 4.69) is 15.2 Å². The van der Waals surface area contributed by atoms with Crippen LogP contribution in [0.2, 0.25) is 0 Å². The minimum Gasteiger partial charge on any atom is -0.497 e. The maximum atomic E-state index is 6.23. The van der Waals surface area contributed by atoms with Crippen LogP contribution in [0.3, 0.4) is 0 Å². The molecule has 4 rings (SSSR count). The van der Waals surface area contributed by atoms with Crippen LogP contribution in [0, 0.1) is 0 Å².